The van der Waals surface area contributed by atoms with E-state index in [0.717, 1.165) is 0 Å². The smallest absolute Gasteiger partial charge is 0.231 e. The number of carbonyl (C=O) groups is 1. The summed E-state index contributed by atoms with van der Waals surface area (Å²) in [5.41, 5.74) is 4.76. The number of hydrogen-bond donors (Lipinski definition) is 2. The molecule has 0 saturated heterocycles. The van der Waals surface area contributed by atoms with Crippen molar-refractivity contribution >= 4 is 5.91 Å². The number of carbonyl (C=O) groups excluding carboxylic acids is 1. The molecule has 52 valence electrons. The van der Waals surface area contributed by atoms with Crippen LogP contribution in [0.3, 0.4) is 0 Å². The van der Waals surface area contributed by atoms with Crippen LogP contribution in [-0.2, 0) is 4.79 Å². The van der Waals surface area contributed by atoms with Gasteiger partial charge in [-0.1, -0.05) is 5.18 Å². The van der Waals surface area contributed by atoms with Gasteiger partial charge in [0.25, 0.3) is 0 Å². The zero-order valence-electron chi connectivity index (χ0n) is 4.96. The van der Waals surface area contributed by atoms with Gasteiger partial charge in [-0.15, -0.1) is 0 Å². The van der Waals surface area contributed by atoms with Crippen LogP contribution in [0.25, 0.3) is 0 Å². The first-order chi connectivity index (χ1) is 4.27. The minimum atomic E-state index is -0.430. The summed E-state index contributed by atoms with van der Waals surface area (Å²) in [4.78, 5) is 19.5. The van der Waals surface area contributed by atoms with Crippen molar-refractivity contribution in [2.75, 3.05) is 19.6 Å². The predicted octanol–water partition coefficient (Wildman–Crippen LogP) is -1.17. The number of amides is 1. The molecule has 0 aliphatic rings. The van der Waals surface area contributed by atoms with Crippen LogP contribution in [0.15, 0.2) is 5.18 Å². The second-order valence-electron chi connectivity index (χ2n) is 1.50. The standard InChI is InChI=1S/C4H9N3O2/c5-4(8)3-6-1-2-7-9/h6H,1-3H2,(H2,5,8). The zero-order chi connectivity index (χ0) is 7.11. The highest BCUT2D eigenvalue weighted by Crippen LogP contribution is 1.62. The van der Waals surface area contributed by atoms with E-state index >= 15 is 0 Å². The molecule has 0 radical (unpaired) electrons. The van der Waals surface area contributed by atoms with E-state index in [-0.39, 0.29) is 13.1 Å². The molecule has 0 aromatic rings. The van der Waals surface area contributed by atoms with Gasteiger partial charge in [0, 0.05) is 6.54 Å². The van der Waals surface area contributed by atoms with Crippen molar-refractivity contribution in [1.82, 2.24) is 5.32 Å². The summed E-state index contributed by atoms with van der Waals surface area (Å²) in [5.74, 6) is -0.430. The largest absolute Gasteiger partial charge is 0.369 e. The molecule has 5 heteroatoms. The Hall–Kier alpha value is -0.970. The summed E-state index contributed by atoms with van der Waals surface area (Å²) >= 11 is 0. The monoisotopic (exact) mass is 131 g/mol. The van der Waals surface area contributed by atoms with Crippen LogP contribution >= 0.6 is 0 Å². The van der Waals surface area contributed by atoms with E-state index in [4.69, 9.17) is 5.73 Å². The average Bonchev–Trinajstić information content (AvgIpc) is 1.80. The second-order valence-corrected chi connectivity index (χ2v) is 1.50. The Bertz CT molecular complexity index is 104. The van der Waals surface area contributed by atoms with E-state index in [0.29, 0.717) is 6.54 Å². The van der Waals surface area contributed by atoms with E-state index in [1.165, 1.54) is 0 Å². The highest BCUT2D eigenvalue weighted by atomic mass is 16.3. The van der Waals surface area contributed by atoms with Gasteiger partial charge in [-0.25, -0.2) is 0 Å². The van der Waals surface area contributed by atoms with Gasteiger partial charge >= 0.3 is 0 Å². The molecule has 0 aliphatic heterocycles. The highest BCUT2D eigenvalue weighted by molar-refractivity contribution is 5.75. The maximum Gasteiger partial charge on any atom is 0.231 e. The summed E-state index contributed by atoms with van der Waals surface area (Å²) in [7, 11) is 0. The summed E-state index contributed by atoms with van der Waals surface area (Å²) in [6, 6.07) is 0. The van der Waals surface area contributed by atoms with Gasteiger partial charge in [-0.3, -0.25) is 4.79 Å². The molecule has 0 spiro atoms. The molecule has 0 unspecified atom stereocenters. The third-order valence-corrected chi connectivity index (χ3v) is 0.679. The first-order valence-electron chi connectivity index (χ1n) is 2.55. The maximum absolute atomic E-state index is 10.0. The lowest BCUT2D eigenvalue weighted by atomic mass is 10.5. The van der Waals surface area contributed by atoms with Crippen molar-refractivity contribution in [3.63, 3.8) is 0 Å². The minimum absolute atomic E-state index is 0.107. The number of hydrogen-bond acceptors (Lipinski definition) is 4. The molecule has 1 amide bonds. The Balaban J connectivity index is 2.91. The molecule has 3 N–H and O–H groups in total. The van der Waals surface area contributed by atoms with E-state index in [1.807, 2.05) is 0 Å². The number of nitroso groups, excluding NO2 is 1. The Kier molecular flexibility index (Phi) is 4.61. The Morgan fingerprint density at radius 3 is 2.78 bits per heavy atom. The molecule has 9 heavy (non-hydrogen) atoms. The van der Waals surface area contributed by atoms with Crippen LogP contribution in [0, 0.1) is 4.91 Å². The lowest BCUT2D eigenvalue weighted by molar-refractivity contribution is -0.117. The van der Waals surface area contributed by atoms with Crippen molar-refractivity contribution in [3.8, 4) is 0 Å². The number of nitrogens with two attached hydrogens (primary N) is 1. The van der Waals surface area contributed by atoms with Crippen LogP contribution in [0.2, 0.25) is 0 Å². The molecule has 0 bridgehead atoms. The lowest BCUT2D eigenvalue weighted by Crippen LogP contribution is -2.30. The molecule has 0 aromatic carbocycles. The number of nitrogens with zero attached hydrogens (tertiary/aromatic N) is 1. The number of rotatable bonds is 5. The summed E-state index contributed by atoms with van der Waals surface area (Å²) < 4.78 is 0. The van der Waals surface area contributed by atoms with E-state index in [2.05, 4.69) is 10.5 Å². The van der Waals surface area contributed by atoms with Crippen LogP contribution in [0.1, 0.15) is 0 Å². The first-order valence-corrected chi connectivity index (χ1v) is 2.55. The molecule has 0 rings (SSSR count). The van der Waals surface area contributed by atoms with Gasteiger partial charge in [-0.05, 0) is 0 Å². The van der Waals surface area contributed by atoms with Gasteiger partial charge in [-0.2, -0.15) is 4.91 Å². The van der Waals surface area contributed by atoms with Gasteiger partial charge in [0.05, 0.1) is 13.1 Å². The Morgan fingerprint density at radius 1 is 1.67 bits per heavy atom. The molecule has 0 fully saturated rings. The molecule has 0 atom stereocenters. The maximum atomic E-state index is 10.0. The highest BCUT2D eigenvalue weighted by Gasteiger charge is 1.90. The average molecular weight is 131 g/mol. The fourth-order valence-corrected chi connectivity index (χ4v) is 0.336. The molecule has 0 saturated carbocycles. The normalized spacial score (nSPS) is 8.89. The van der Waals surface area contributed by atoms with Gasteiger partial charge in [0.2, 0.25) is 5.91 Å². The van der Waals surface area contributed by atoms with Crippen LogP contribution < -0.4 is 11.1 Å². The Labute approximate surface area is 52.6 Å². The molecule has 0 heterocycles. The predicted molar refractivity (Wildman–Crippen MR) is 32.7 cm³/mol. The van der Waals surface area contributed by atoms with Gasteiger partial charge in [0.15, 0.2) is 0 Å². The van der Waals surface area contributed by atoms with E-state index in [1.54, 1.807) is 0 Å². The van der Waals surface area contributed by atoms with Crippen molar-refractivity contribution in [1.29, 1.82) is 0 Å². The molecular formula is C4H9N3O2. The van der Waals surface area contributed by atoms with Crippen molar-refractivity contribution in [2.24, 2.45) is 10.9 Å². The van der Waals surface area contributed by atoms with Crippen LogP contribution in [-0.4, -0.2) is 25.5 Å². The van der Waals surface area contributed by atoms with Crippen molar-refractivity contribution in [3.05, 3.63) is 4.91 Å². The number of primary amides is 1. The molecule has 5 nitrogen and oxygen atoms in total. The molecule has 0 aromatic heterocycles. The zero-order valence-corrected chi connectivity index (χ0v) is 4.96. The summed E-state index contributed by atoms with van der Waals surface area (Å²) in [5, 5.41) is 5.19. The van der Waals surface area contributed by atoms with E-state index in [9.17, 15) is 9.70 Å². The summed E-state index contributed by atoms with van der Waals surface area (Å²) in [6.45, 7) is 0.690. The summed E-state index contributed by atoms with van der Waals surface area (Å²) in [6.07, 6.45) is 0. The van der Waals surface area contributed by atoms with Gasteiger partial charge < -0.3 is 11.1 Å². The SMILES string of the molecule is NC(=O)CNCCN=O. The van der Waals surface area contributed by atoms with Crippen molar-refractivity contribution < 1.29 is 4.79 Å². The van der Waals surface area contributed by atoms with E-state index < -0.39 is 5.91 Å². The Morgan fingerprint density at radius 2 is 2.33 bits per heavy atom. The van der Waals surface area contributed by atoms with Gasteiger partial charge in [0.1, 0.15) is 0 Å². The molecule has 0 aliphatic carbocycles. The first kappa shape index (κ1) is 8.03. The second kappa shape index (κ2) is 5.17. The number of nitrogens with one attached hydrogen (secondary N) is 1. The van der Waals surface area contributed by atoms with Crippen molar-refractivity contribution in [2.45, 2.75) is 0 Å². The minimum Gasteiger partial charge on any atom is -0.369 e. The fraction of sp³-hybridized carbons (Fsp3) is 0.750. The topological polar surface area (TPSA) is 84.6 Å². The van der Waals surface area contributed by atoms with Crippen LogP contribution in [0.4, 0.5) is 0 Å². The van der Waals surface area contributed by atoms with Crippen LogP contribution in [0.5, 0.6) is 0 Å². The lowest BCUT2D eigenvalue weighted by Gasteiger charge is -1.94. The third-order valence-electron chi connectivity index (χ3n) is 0.679. The molecular weight excluding hydrogens is 122 g/mol. The third kappa shape index (κ3) is 7.03. The fourth-order valence-electron chi connectivity index (χ4n) is 0.336. The quantitative estimate of drug-likeness (QED) is 0.364.